The maximum atomic E-state index is 11.5. The molecule has 0 amide bonds. The van der Waals surface area contributed by atoms with Crippen molar-refractivity contribution in [3.05, 3.63) is 33.2 Å². The molecule has 0 bridgehead atoms. The molecule has 96 valence electrons. The van der Waals surface area contributed by atoms with Crippen molar-refractivity contribution in [2.45, 2.75) is 30.4 Å². The second kappa shape index (κ2) is 5.07. The molecule has 0 fully saturated rings. The predicted octanol–water partition coefficient (Wildman–Crippen LogP) is 2.29. The van der Waals surface area contributed by atoms with Crippen molar-refractivity contribution in [3.63, 3.8) is 0 Å². The lowest BCUT2D eigenvalue weighted by Gasteiger charge is -2.10. The van der Waals surface area contributed by atoms with Gasteiger partial charge in [-0.05, 0) is 43.3 Å². The summed E-state index contributed by atoms with van der Waals surface area (Å²) in [4.78, 5) is 12.3. The first-order valence-corrected chi connectivity index (χ1v) is 6.61. The van der Waals surface area contributed by atoms with E-state index in [0.717, 1.165) is 10.5 Å². The van der Waals surface area contributed by atoms with Gasteiger partial charge in [0.15, 0.2) is 5.16 Å². The Balaban J connectivity index is 2.46. The third kappa shape index (κ3) is 2.26. The van der Waals surface area contributed by atoms with Crippen molar-refractivity contribution < 1.29 is 0 Å². The molecule has 1 heterocycles. The Kier molecular flexibility index (Phi) is 3.68. The molecule has 18 heavy (non-hydrogen) atoms. The quantitative estimate of drug-likeness (QED) is 0.848. The van der Waals surface area contributed by atoms with Gasteiger partial charge in [-0.2, -0.15) is 0 Å². The highest BCUT2D eigenvalue weighted by molar-refractivity contribution is 7.99. The third-order valence-corrected chi connectivity index (χ3v) is 4.25. The second-order valence-electron chi connectivity index (χ2n) is 3.75. The van der Waals surface area contributed by atoms with Gasteiger partial charge in [-0.1, -0.05) is 11.6 Å². The topological polar surface area (TPSA) is 76.7 Å². The molecule has 0 spiro atoms. The maximum absolute atomic E-state index is 11.5. The number of halogens is 1. The average molecular weight is 285 g/mol. The molecule has 0 saturated heterocycles. The Morgan fingerprint density at radius 3 is 2.94 bits per heavy atom. The van der Waals surface area contributed by atoms with Crippen LogP contribution in [0.25, 0.3) is 0 Å². The molecular weight excluding hydrogens is 272 g/mol. The molecule has 3 N–H and O–H groups in total. The number of hydrogen-bond donors (Lipinski definition) is 2. The van der Waals surface area contributed by atoms with Gasteiger partial charge in [0.2, 0.25) is 0 Å². The molecule has 1 aromatic heterocycles. The molecule has 2 rings (SSSR count). The molecule has 0 atom stereocenters. The van der Waals surface area contributed by atoms with Crippen LogP contribution in [-0.4, -0.2) is 14.8 Å². The number of aromatic nitrogens is 3. The van der Waals surface area contributed by atoms with Crippen LogP contribution in [0.3, 0.4) is 0 Å². The molecule has 2 aromatic rings. The number of nitrogens with one attached hydrogen (secondary N) is 1. The van der Waals surface area contributed by atoms with Crippen molar-refractivity contribution >= 4 is 29.1 Å². The van der Waals surface area contributed by atoms with Gasteiger partial charge in [0.1, 0.15) is 0 Å². The number of anilines is 1. The lowest BCUT2D eigenvalue weighted by molar-refractivity contribution is 0.660. The molecule has 1 aromatic carbocycles. The van der Waals surface area contributed by atoms with E-state index in [2.05, 4.69) is 10.2 Å². The van der Waals surface area contributed by atoms with Gasteiger partial charge in [-0.3, -0.25) is 4.57 Å². The molecule has 0 aliphatic carbocycles. The number of aromatic amines is 1. The SMILES string of the molecule is CCn1c(Sc2c(N)ccc(Cl)c2C)n[nH]c1=O. The Hall–Kier alpha value is -1.40. The van der Waals surface area contributed by atoms with E-state index >= 15 is 0 Å². The van der Waals surface area contributed by atoms with Gasteiger partial charge >= 0.3 is 5.69 Å². The summed E-state index contributed by atoms with van der Waals surface area (Å²) < 4.78 is 1.55. The molecule has 0 aliphatic heterocycles. The van der Waals surface area contributed by atoms with Gasteiger partial charge in [-0.15, -0.1) is 5.10 Å². The van der Waals surface area contributed by atoms with Gasteiger partial charge in [-0.25, -0.2) is 9.89 Å². The number of H-pyrrole nitrogens is 1. The molecule has 5 nitrogen and oxygen atoms in total. The normalized spacial score (nSPS) is 10.8. The highest BCUT2D eigenvalue weighted by Gasteiger charge is 2.13. The second-order valence-corrected chi connectivity index (χ2v) is 5.13. The van der Waals surface area contributed by atoms with Crippen LogP contribution in [0, 0.1) is 6.92 Å². The first kappa shape index (κ1) is 13.0. The monoisotopic (exact) mass is 284 g/mol. The largest absolute Gasteiger partial charge is 0.398 e. The van der Waals surface area contributed by atoms with Gasteiger partial charge in [0.05, 0.1) is 0 Å². The third-order valence-electron chi connectivity index (χ3n) is 2.60. The number of benzene rings is 1. The minimum absolute atomic E-state index is 0.224. The van der Waals surface area contributed by atoms with Crippen molar-refractivity contribution in [1.29, 1.82) is 0 Å². The van der Waals surface area contributed by atoms with Crippen molar-refractivity contribution in [2.75, 3.05) is 5.73 Å². The predicted molar refractivity (Wildman–Crippen MR) is 73.2 cm³/mol. The highest BCUT2D eigenvalue weighted by atomic mass is 35.5. The van der Waals surface area contributed by atoms with E-state index in [4.69, 9.17) is 17.3 Å². The van der Waals surface area contributed by atoms with E-state index in [1.54, 1.807) is 16.7 Å². The van der Waals surface area contributed by atoms with Crippen LogP contribution >= 0.6 is 23.4 Å². The minimum atomic E-state index is -0.224. The number of rotatable bonds is 3. The van der Waals surface area contributed by atoms with Crippen LogP contribution in [0.5, 0.6) is 0 Å². The first-order chi connectivity index (χ1) is 8.54. The van der Waals surface area contributed by atoms with Gasteiger partial charge < -0.3 is 5.73 Å². The Bertz CT molecular complexity index is 634. The van der Waals surface area contributed by atoms with Crippen LogP contribution in [0.15, 0.2) is 27.0 Å². The summed E-state index contributed by atoms with van der Waals surface area (Å²) in [5, 5.41) is 7.64. The van der Waals surface area contributed by atoms with Crippen LogP contribution in [0.1, 0.15) is 12.5 Å². The minimum Gasteiger partial charge on any atom is -0.398 e. The van der Waals surface area contributed by atoms with E-state index in [0.29, 0.717) is 22.4 Å². The summed E-state index contributed by atoms with van der Waals surface area (Å²) in [6, 6.07) is 3.51. The summed E-state index contributed by atoms with van der Waals surface area (Å²) in [5.41, 5.74) is 7.22. The van der Waals surface area contributed by atoms with E-state index in [-0.39, 0.29) is 5.69 Å². The Labute approximate surface area is 113 Å². The Morgan fingerprint density at radius 1 is 1.56 bits per heavy atom. The fourth-order valence-corrected chi connectivity index (χ4v) is 2.83. The maximum Gasteiger partial charge on any atom is 0.343 e. The van der Waals surface area contributed by atoms with E-state index in [1.165, 1.54) is 11.8 Å². The molecule has 0 saturated carbocycles. The molecule has 7 heteroatoms. The van der Waals surface area contributed by atoms with Crippen LogP contribution in [0.4, 0.5) is 5.69 Å². The van der Waals surface area contributed by atoms with Crippen LogP contribution in [0.2, 0.25) is 5.02 Å². The summed E-state index contributed by atoms with van der Waals surface area (Å²) in [6.07, 6.45) is 0. The first-order valence-electron chi connectivity index (χ1n) is 5.42. The number of nitrogens with two attached hydrogens (primary N) is 1. The van der Waals surface area contributed by atoms with Crippen molar-refractivity contribution in [2.24, 2.45) is 0 Å². The zero-order valence-electron chi connectivity index (χ0n) is 10.0. The van der Waals surface area contributed by atoms with Crippen LogP contribution in [-0.2, 0) is 6.54 Å². The summed E-state index contributed by atoms with van der Waals surface area (Å²) >= 11 is 7.40. The molecule has 0 aliphatic rings. The molecular formula is C11H13ClN4OS. The highest BCUT2D eigenvalue weighted by Crippen LogP contribution is 2.36. The summed E-state index contributed by atoms with van der Waals surface area (Å²) in [7, 11) is 0. The van der Waals surface area contributed by atoms with E-state index in [9.17, 15) is 4.79 Å². The van der Waals surface area contributed by atoms with Gasteiger partial charge in [0, 0.05) is 22.2 Å². The van der Waals surface area contributed by atoms with Crippen LogP contribution < -0.4 is 11.4 Å². The molecule has 0 unspecified atom stereocenters. The average Bonchev–Trinajstić information content (AvgIpc) is 2.70. The number of nitrogen functional groups attached to an aromatic ring is 1. The fourth-order valence-electron chi connectivity index (χ4n) is 1.58. The smallest absolute Gasteiger partial charge is 0.343 e. The Morgan fingerprint density at radius 2 is 2.28 bits per heavy atom. The van der Waals surface area contributed by atoms with Gasteiger partial charge in [0.25, 0.3) is 0 Å². The van der Waals surface area contributed by atoms with Crippen molar-refractivity contribution in [3.8, 4) is 0 Å². The molecule has 0 radical (unpaired) electrons. The lowest BCUT2D eigenvalue weighted by atomic mass is 10.2. The zero-order chi connectivity index (χ0) is 13.3. The lowest BCUT2D eigenvalue weighted by Crippen LogP contribution is -2.16. The fraction of sp³-hybridized carbons (Fsp3) is 0.273. The zero-order valence-corrected chi connectivity index (χ0v) is 11.6. The van der Waals surface area contributed by atoms with Crippen molar-refractivity contribution in [1.82, 2.24) is 14.8 Å². The van der Waals surface area contributed by atoms with E-state index in [1.807, 2.05) is 13.8 Å². The number of nitrogens with zero attached hydrogens (tertiary/aromatic N) is 2. The van der Waals surface area contributed by atoms with E-state index < -0.39 is 0 Å². The standard InChI is InChI=1S/C11H13ClN4OS/c1-3-16-10(17)14-15-11(16)18-9-6(2)7(12)4-5-8(9)13/h4-5H,3,13H2,1-2H3,(H,14,17). The summed E-state index contributed by atoms with van der Waals surface area (Å²) in [5.74, 6) is 0. The number of hydrogen-bond acceptors (Lipinski definition) is 4. The summed E-state index contributed by atoms with van der Waals surface area (Å²) in [6.45, 7) is 4.33.